The van der Waals surface area contributed by atoms with E-state index in [-0.39, 0.29) is 0 Å². The molecule has 0 bridgehead atoms. The van der Waals surface area contributed by atoms with Gasteiger partial charge in [-0.15, -0.1) is 0 Å². The van der Waals surface area contributed by atoms with Crippen molar-refractivity contribution in [2.45, 2.75) is 0 Å². The summed E-state index contributed by atoms with van der Waals surface area (Å²) in [6.07, 6.45) is 0. The Kier molecular flexibility index (Phi) is 5.99. The van der Waals surface area contributed by atoms with E-state index >= 15 is 0 Å². The standard InChI is InChI=1S/C49H29N3O2/c1-2-10-33(11-3-1)52-44-27-21-32(29-40(44)37-24-25-38-36-13-5-8-16-45(36)53-48(38)47(37)52)31-20-26-43-39(28-31)35-12-4-7-15-42(35)51(43)34-22-18-30(19-23-34)49-50-41-14-6-9-17-46(41)54-49/h1-29H. The molecular weight excluding hydrogens is 663 g/mol. The van der Waals surface area contributed by atoms with Gasteiger partial charge in [-0.25, -0.2) is 4.98 Å². The van der Waals surface area contributed by atoms with E-state index in [1.165, 1.54) is 32.7 Å². The number of para-hydroxylation sites is 5. The maximum atomic E-state index is 6.61. The van der Waals surface area contributed by atoms with Gasteiger partial charge in [0.25, 0.3) is 0 Å². The number of nitrogens with zero attached hydrogens (tertiary/aromatic N) is 3. The average Bonchev–Trinajstić information content (AvgIpc) is 4.00. The van der Waals surface area contributed by atoms with E-state index in [1.807, 2.05) is 30.3 Å². The second-order valence-corrected chi connectivity index (χ2v) is 14.0. The first-order valence-electron chi connectivity index (χ1n) is 18.2. The van der Waals surface area contributed by atoms with Crippen LogP contribution in [-0.2, 0) is 0 Å². The zero-order valence-corrected chi connectivity index (χ0v) is 28.9. The summed E-state index contributed by atoms with van der Waals surface area (Å²) in [6, 6.07) is 62.1. The first-order chi connectivity index (χ1) is 26.8. The molecular formula is C49H29N3O2. The predicted octanol–water partition coefficient (Wildman–Crippen LogP) is 13.3. The Morgan fingerprint density at radius 2 is 0.963 bits per heavy atom. The number of oxazole rings is 1. The number of rotatable bonds is 4. The van der Waals surface area contributed by atoms with Gasteiger partial charge in [0.2, 0.25) is 5.89 Å². The Hall–Kier alpha value is -7.37. The monoisotopic (exact) mass is 691 g/mol. The van der Waals surface area contributed by atoms with E-state index in [9.17, 15) is 0 Å². The Morgan fingerprint density at radius 3 is 1.76 bits per heavy atom. The lowest BCUT2D eigenvalue weighted by Crippen LogP contribution is -1.94. The molecule has 252 valence electrons. The van der Waals surface area contributed by atoms with Gasteiger partial charge in [-0.05, 0) is 102 Å². The van der Waals surface area contributed by atoms with Crippen LogP contribution >= 0.6 is 0 Å². The van der Waals surface area contributed by atoms with E-state index in [0.29, 0.717) is 5.89 Å². The number of furan rings is 1. The van der Waals surface area contributed by atoms with Crippen molar-refractivity contribution in [3.63, 3.8) is 0 Å². The average molecular weight is 692 g/mol. The minimum Gasteiger partial charge on any atom is -0.454 e. The van der Waals surface area contributed by atoms with Crippen LogP contribution in [0.15, 0.2) is 185 Å². The zero-order valence-electron chi connectivity index (χ0n) is 28.9. The van der Waals surface area contributed by atoms with Gasteiger partial charge in [0.15, 0.2) is 11.2 Å². The fraction of sp³-hybridized carbons (Fsp3) is 0. The zero-order chi connectivity index (χ0) is 35.3. The van der Waals surface area contributed by atoms with Crippen molar-refractivity contribution in [2.75, 3.05) is 0 Å². The molecule has 0 saturated carbocycles. The highest BCUT2D eigenvalue weighted by Crippen LogP contribution is 2.42. The molecule has 5 nitrogen and oxygen atoms in total. The van der Waals surface area contributed by atoms with E-state index in [1.54, 1.807) is 0 Å². The summed E-state index contributed by atoms with van der Waals surface area (Å²) < 4.78 is 17.4. The summed E-state index contributed by atoms with van der Waals surface area (Å²) >= 11 is 0. The second-order valence-electron chi connectivity index (χ2n) is 14.0. The van der Waals surface area contributed by atoms with Crippen molar-refractivity contribution < 1.29 is 8.83 Å². The third-order valence-corrected chi connectivity index (χ3v) is 11.0. The molecule has 0 amide bonds. The van der Waals surface area contributed by atoms with E-state index in [2.05, 4.69) is 155 Å². The summed E-state index contributed by atoms with van der Waals surface area (Å²) in [5.41, 5.74) is 13.5. The predicted molar refractivity (Wildman–Crippen MR) is 221 cm³/mol. The van der Waals surface area contributed by atoms with Crippen molar-refractivity contribution in [3.8, 4) is 34.0 Å². The summed E-state index contributed by atoms with van der Waals surface area (Å²) in [4.78, 5) is 4.71. The van der Waals surface area contributed by atoms with Crippen LogP contribution < -0.4 is 0 Å². The number of fused-ring (bicyclic) bond motifs is 11. The molecule has 0 aliphatic rings. The first-order valence-corrected chi connectivity index (χ1v) is 18.2. The lowest BCUT2D eigenvalue weighted by Gasteiger charge is -2.10. The van der Waals surface area contributed by atoms with E-state index in [4.69, 9.17) is 13.8 Å². The summed E-state index contributed by atoms with van der Waals surface area (Å²) in [7, 11) is 0. The number of benzene rings is 8. The molecule has 0 N–H and O–H groups in total. The molecule has 0 atom stereocenters. The van der Waals surface area contributed by atoms with Gasteiger partial charge in [0.1, 0.15) is 11.1 Å². The molecule has 0 radical (unpaired) electrons. The Bertz CT molecular complexity index is 3400. The lowest BCUT2D eigenvalue weighted by atomic mass is 10.0. The summed E-state index contributed by atoms with van der Waals surface area (Å²) in [5.74, 6) is 0.625. The molecule has 0 spiro atoms. The van der Waals surface area contributed by atoms with Crippen LogP contribution in [0.2, 0.25) is 0 Å². The van der Waals surface area contributed by atoms with Crippen molar-refractivity contribution in [1.29, 1.82) is 0 Å². The second kappa shape index (κ2) is 11.1. The molecule has 0 aliphatic heterocycles. The highest BCUT2D eigenvalue weighted by Gasteiger charge is 2.20. The van der Waals surface area contributed by atoms with Crippen LogP contribution in [0.5, 0.6) is 0 Å². The molecule has 0 saturated heterocycles. The minimum atomic E-state index is 0.625. The Labute approximate surface area is 308 Å². The Balaban J connectivity index is 1.02. The molecule has 12 rings (SSSR count). The van der Waals surface area contributed by atoms with E-state index in [0.717, 1.165) is 72.0 Å². The van der Waals surface area contributed by atoms with Crippen LogP contribution in [0.25, 0.3) is 111 Å². The Morgan fingerprint density at radius 1 is 0.370 bits per heavy atom. The van der Waals surface area contributed by atoms with Crippen LogP contribution in [-0.4, -0.2) is 14.1 Å². The SMILES string of the molecule is c1ccc(-n2c3ccc(-c4ccc5c(c4)c4ccccc4n5-c4ccc(-c5nc6ccccc6o5)cc4)cc3c3ccc4c5ccccc5oc4c32)cc1. The lowest BCUT2D eigenvalue weighted by molar-refractivity contribution is 0.620. The smallest absolute Gasteiger partial charge is 0.227 e. The first kappa shape index (κ1) is 29.2. The molecule has 4 heterocycles. The fourth-order valence-corrected chi connectivity index (χ4v) is 8.49. The molecule has 54 heavy (non-hydrogen) atoms. The van der Waals surface area contributed by atoms with Crippen LogP contribution in [0.3, 0.4) is 0 Å². The molecule has 12 aromatic rings. The van der Waals surface area contributed by atoms with Gasteiger partial charge >= 0.3 is 0 Å². The van der Waals surface area contributed by atoms with Crippen LogP contribution in [0.1, 0.15) is 0 Å². The van der Waals surface area contributed by atoms with Crippen molar-refractivity contribution in [1.82, 2.24) is 14.1 Å². The van der Waals surface area contributed by atoms with E-state index < -0.39 is 0 Å². The number of hydrogen-bond acceptors (Lipinski definition) is 3. The topological polar surface area (TPSA) is 49.0 Å². The number of aromatic nitrogens is 3. The highest BCUT2D eigenvalue weighted by molar-refractivity contribution is 6.22. The fourth-order valence-electron chi connectivity index (χ4n) is 8.49. The van der Waals surface area contributed by atoms with Gasteiger partial charge in [0, 0.05) is 49.3 Å². The molecule has 0 fully saturated rings. The van der Waals surface area contributed by atoms with Gasteiger partial charge in [-0.2, -0.15) is 0 Å². The highest BCUT2D eigenvalue weighted by atomic mass is 16.3. The number of hydrogen-bond donors (Lipinski definition) is 0. The molecule has 0 aliphatic carbocycles. The molecule has 5 heteroatoms. The largest absolute Gasteiger partial charge is 0.454 e. The van der Waals surface area contributed by atoms with Crippen molar-refractivity contribution in [3.05, 3.63) is 176 Å². The van der Waals surface area contributed by atoms with Gasteiger partial charge in [0.05, 0.1) is 22.1 Å². The van der Waals surface area contributed by atoms with Crippen LogP contribution in [0.4, 0.5) is 0 Å². The quantitative estimate of drug-likeness (QED) is 0.185. The van der Waals surface area contributed by atoms with Gasteiger partial charge in [-0.1, -0.05) is 84.9 Å². The van der Waals surface area contributed by atoms with Crippen molar-refractivity contribution in [2.24, 2.45) is 0 Å². The summed E-state index contributed by atoms with van der Waals surface area (Å²) in [6.45, 7) is 0. The van der Waals surface area contributed by atoms with Gasteiger partial charge in [-0.3, -0.25) is 0 Å². The maximum absolute atomic E-state index is 6.61. The summed E-state index contributed by atoms with van der Waals surface area (Å²) in [5, 5.41) is 7.04. The van der Waals surface area contributed by atoms with Crippen molar-refractivity contribution >= 4 is 76.6 Å². The molecule has 8 aromatic carbocycles. The maximum Gasteiger partial charge on any atom is 0.227 e. The normalized spacial score (nSPS) is 12.1. The third-order valence-electron chi connectivity index (χ3n) is 11.0. The van der Waals surface area contributed by atoms with Crippen LogP contribution in [0, 0.1) is 0 Å². The molecule has 0 unspecified atom stereocenters. The third kappa shape index (κ3) is 4.18. The molecule has 4 aromatic heterocycles. The minimum absolute atomic E-state index is 0.625. The van der Waals surface area contributed by atoms with Gasteiger partial charge < -0.3 is 18.0 Å².